The fraction of sp³-hybridized carbons (Fsp3) is 0.0870. The first-order valence-electron chi connectivity index (χ1n) is 9.91. The summed E-state index contributed by atoms with van der Waals surface area (Å²) in [5, 5.41) is 31.8. The van der Waals surface area contributed by atoms with Gasteiger partial charge in [0.2, 0.25) is 0 Å². The number of amidine groups is 1. The van der Waals surface area contributed by atoms with Crippen molar-refractivity contribution in [2.24, 2.45) is 15.3 Å². The molecular weight excluding hydrogens is 556 g/mol. The maximum absolute atomic E-state index is 11.7. The number of aromatic carboxylic acids is 1. The minimum Gasteiger partial charge on any atom is -0.571 e. The van der Waals surface area contributed by atoms with Crippen molar-refractivity contribution < 1.29 is 55.3 Å². The topological polar surface area (TPSA) is 212 Å². The SMILES string of the molecule is Cc1ccc(C=O)c(N=NC(=N[N-]c2cc(S(=O)(=O)O)cc(C)c2O)c2ccccc2C(=O)O)c1.O.[Cu+]. The van der Waals surface area contributed by atoms with E-state index in [1.54, 1.807) is 25.1 Å². The smallest absolute Gasteiger partial charge is 0.571 e. The van der Waals surface area contributed by atoms with Gasteiger partial charge in [-0.3, -0.25) is 9.35 Å². The first kappa shape index (κ1) is 31.1. The van der Waals surface area contributed by atoms with Crippen molar-refractivity contribution in [3.63, 3.8) is 0 Å². The summed E-state index contributed by atoms with van der Waals surface area (Å²) in [6.07, 6.45) is 0.585. The number of aromatic hydroxyl groups is 1. The Morgan fingerprint density at radius 3 is 2.27 bits per heavy atom. The van der Waals surface area contributed by atoms with Crippen LogP contribution in [0.4, 0.5) is 11.4 Å². The molecule has 3 aromatic rings. The van der Waals surface area contributed by atoms with Crippen molar-refractivity contribution in [1.82, 2.24) is 0 Å². The second-order valence-electron chi connectivity index (χ2n) is 7.34. The monoisotopic (exact) mass is 576 g/mol. The first-order valence-corrected chi connectivity index (χ1v) is 11.4. The van der Waals surface area contributed by atoms with Crippen molar-refractivity contribution in [3.8, 4) is 5.75 Å². The van der Waals surface area contributed by atoms with E-state index in [9.17, 15) is 32.8 Å². The summed E-state index contributed by atoms with van der Waals surface area (Å²) in [6, 6.07) is 12.5. The van der Waals surface area contributed by atoms with Gasteiger partial charge in [-0.25, -0.2) is 4.79 Å². The fourth-order valence-corrected chi connectivity index (χ4v) is 3.57. The van der Waals surface area contributed by atoms with Gasteiger partial charge in [0.15, 0.2) is 12.1 Å². The molecule has 0 radical (unpaired) electrons. The number of azo groups is 1. The molecule has 3 aromatic carbocycles. The van der Waals surface area contributed by atoms with E-state index < -0.39 is 26.7 Å². The fourth-order valence-electron chi connectivity index (χ4n) is 2.99. The van der Waals surface area contributed by atoms with Gasteiger partial charge in [-0.2, -0.15) is 8.42 Å². The molecule has 0 aliphatic heterocycles. The summed E-state index contributed by atoms with van der Waals surface area (Å²) in [6.45, 7) is 3.18. The third kappa shape index (κ3) is 7.52. The molecule has 0 saturated carbocycles. The third-order valence-electron chi connectivity index (χ3n) is 4.77. The van der Waals surface area contributed by atoms with Crippen molar-refractivity contribution >= 4 is 39.6 Å². The maximum Gasteiger partial charge on any atom is 1.00 e. The average Bonchev–Trinajstić information content (AvgIpc) is 2.81. The van der Waals surface area contributed by atoms with Crippen LogP contribution in [0.3, 0.4) is 0 Å². The number of benzene rings is 3. The van der Waals surface area contributed by atoms with Gasteiger partial charge < -0.3 is 26.2 Å². The molecule has 0 heterocycles. The molecule has 0 atom stereocenters. The van der Waals surface area contributed by atoms with E-state index in [1.165, 1.54) is 31.2 Å². The average molecular weight is 577 g/mol. The van der Waals surface area contributed by atoms with E-state index in [2.05, 4.69) is 20.8 Å². The summed E-state index contributed by atoms with van der Waals surface area (Å²) in [4.78, 5) is 22.6. The zero-order valence-corrected chi connectivity index (χ0v) is 21.0. The molecule has 14 heteroatoms. The van der Waals surface area contributed by atoms with Gasteiger partial charge in [-0.15, -0.1) is 10.2 Å². The van der Waals surface area contributed by atoms with E-state index in [0.29, 0.717) is 6.29 Å². The number of carbonyl (C=O) groups is 2. The van der Waals surface area contributed by atoms with Crippen LogP contribution in [0.25, 0.3) is 5.43 Å². The Kier molecular flexibility index (Phi) is 10.8. The predicted molar refractivity (Wildman–Crippen MR) is 130 cm³/mol. The molecule has 37 heavy (non-hydrogen) atoms. The number of carbonyl (C=O) groups excluding carboxylic acids is 1. The van der Waals surface area contributed by atoms with Crippen molar-refractivity contribution in [3.05, 3.63) is 87.8 Å². The number of nitrogens with zero attached hydrogens (tertiary/aromatic N) is 4. The minimum atomic E-state index is -4.60. The van der Waals surface area contributed by atoms with Gasteiger partial charge in [0.25, 0.3) is 10.1 Å². The quantitative estimate of drug-likeness (QED) is 0.0711. The number of aldehydes is 1. The Morgan fingerprint density at radius 1 is 1.03 bits per heavy atom. The molecule has 3 rings (SSSR count). The van der Waals surface area contributed by atoms with Crippen molar-refractivity contribution in [1.29, 1.82) is 0 Å². The second-order valence-corrected chi connectivity index (χ2v) is 8.76. The van der Waals surface area contributed by atoms with Crippen LogP contribution in [-0.2, 0) is 27.2 Å². The van der Waals surface area contributed by atoms with Crippen molar-refractivity contribution in [2.75, 3.05) is 0 Å². The largest absolute Gasteiger partial charge is 1.00 e. The predicted octanol–water partition coefficient (Wildman–Crippen LogP) is 4.09. The Balaban J connectivity index is 0.00000342. The van der Waals surface area contributed by atoms with E-state index in [1.807, 2.05) is 0 Å². The number of aryl methyl sites for hydroxylation is 2. The van der Waals surface area contributed by atoms with Gasteiger partial charge in [0.1, 0.15) is 5.75 Å². The molecule has 12 nitrogen and oxygen atoms in total. The zero-order chi connectivity index (χ0) is 25.8. The number of phenols is 1. The van der Waals surface area contributed by atoms with E-state index in [-0.39, 0.29) is 62.0 Å². The Morgan fingerprint density at radius 2 is 1.68 bits per heavy atom. The standard InChI is InChI=1S/C23H20N4O7S.Cu.H2O/c1-13-7-8-15(12-28)19(9-13)24-26-22(17-5-3-4-6-18(17)23(30)31)27-25-20-11-16(35(32,33)34)10-14(2)21(20)29;;/h3-12H,1-2H3,(H4,24,25,26,27,28,29,30,31,32,33,34);;1H2/q;+1;/p-1. The Labute approximate surface area is 222 Å². The Bertz CT molecular complexity index is 1490. The number of hydrogen-bond acceptors (Lipinski definition) is 7. The van der Waals surface area contributed by atoms with Gasteiger partial charge in [0.05, 0.1) is 16.1 Å². The van der Waals surface area contributed by atoms with Crippen LogP contribution < -0.4 is 0 Å². The van der Waals surface area contributed by atoms with Gasteiger partial charge in [0, 0.05) is 11.1 Å². The van der Waals surface area contributed by atoms with Crippen LogP contribution in [0, 0.1) is 13.8 Å². The molecule has 0 saturated heterocycles. The molecule has 0 aliphatic rings. The molecular formula is C23H21CuN4O8S. The van der Waals surface area contributed by atoms with Crippen LogP contribution in [0.5, 0.6) is 5.75 Å². The van der Waals surface area contributed by atoms with Crippen molar-refractivity contribution in [2.45, 2.75) is 18.7 Å². The molecule has 0 bridgehead atoms. The molecule has 0 unspecified atom stereocenters. The first-order chi connectivity index (χ1) is 16.5. The number of carboxylic acids is 1. The number of phenolic OH excluding ortho intramolecular Hbond substituents is 1. The molecule has 0 aliphatic carbocycles. The summed E-state index contributed by atoms with van der Waals surface area (Å²) in [7, 11) is -4.60. The van der Waals surface area contributed by atoms with Crippen LogP contribution >= 0.6 is 0 Å². The van der Waals surface area contributed by atoms with E-state index >= 15 is 0 Å². The molecule has 0 aromatic heterocycles. The van der Waals surface area contributed by atoms with Gasteiger partial charge >= 0.3 is 23.0 Å². The number of carboxylic acid groups (broad SMARTS) is 1. The van der Waals surface area contributed by atoms with E-state index in [4.69, 9.17) is 0 Å². The Hall–Kier alpha value is -3.94. The van der Waals surface area contributed by atoms with Gasteiger partial charge in [-0.1, -0.05) is 36.0 Å². The molecule has 0 spiro atoms. The summed E-state index contributed by atoms with van der Waals surface area (Å²) >= 11 is 0. The zero-order valence-electron chi connectivity index (χ0n) is 19.2. The second kappa shape index (κ2) is 12.8. The molecule has 0 fully saturated rings. The number of hydrogen-bond donors (Lipinski definition) is 3. The van der Waals surface area contributed by atoms with Crippen LogP contribution in [0.1, 0.15) is 37.4 Å². The molecule has 198 valence electrons. The van der Waals surface area contributed by atoms with Crippen LogP contribution in [-0.4, -0.2) is 46.8 Å². The summed E-state index contributed by atoms with van der Waals surface area (Å²) in [5.74, 6) is -1.98. The van der Waals surface area contributed by atoms with Crippen LogP contribution in [0.2, 0.25) is 0 Å². The molecule has 5 N–H and O–H groups in total. The third-order valence-corrected chi connectivity index (χ3v) is 5.60. The minimum absolute atomic E-state index is 0. The summed E-state index contributed by atoms with van der Waals surface area (Å²) < 4.78 is 32.4. The maximum atomic E-state index is 11.7. The summed E-state index contributed by atoms with van der Waals surface area (Å²) in [5.41, 5.74) is 4.69. The molecule has 0 amide bonds. The number of rotatable bonds is 7. The van der Waals surface area contributed by atoms with E-state index in [0.717, 1.165) is 17.7 Å². The van der Waals surface area contributed by atoms with Gasteiger partial charge in [-0.05, 0) is 49.2 Å². The normalized spacial score (nSPS) is 11.4. The van der Waals surface area contributed by atoms with Crippen LogP contribution in [0.15, 0.2) is 74.8 Å².